The van der Waals surface area contributed by atoms with E-state index in [9.17, 15) is 15.2 Å². The number of aliphatic carboxylic acids is 1. The van der Waals surface area contributed by atoms with Crippen LogP contribution in [-0.4, -0.2) is 29.7 Å². The van der Waals surface area contributed by atoms with Crippen molar-refractivity contribution in [2.45, 2.75) is 13.8 Å². The number of hydrogen-bond donors (Lipinski definition) is 1. The number of nitrogens with zero attached hydrogens (tertiary/aromatic N) is 2. The first kappa shape index (κ1) is 19.0. The van der Waals surface area contributed by atoms with Crippen LogP contribution in [0.15, 0.2) is 30.3 Å². The second kappa shape index (κ2) is 7.84. The molecule has 0 fully saturated rings. The van der Waals surface area contributed by atoms with E-state index in [0.29, 0.717) is 17.1 Å². The van der Waals surface area contributed by atoms with Crippen LogP contribution in [-0.2, 0) is 4.79 Å². The first-order chi connectivity index (χ1) is 13.4. The number of carboxylic acid groups (broad SMARTS) is 1. The number of allylic oxidation sites excluding steroid dienone is 1. The number of carbonyl (C=O) groups is 1. The molecule has 1 aromatic heterocycles. The van der Waals surface area contributed by atoms with Crippen molar-refractivity contribution in [3.63, 3.8) is 0 Å². The zero-order valence-corrected chi connectivity index (χ0v) is 15.7. The van der Waals surface area contributed by atoms with Crippen LogP contribution in [0.2, 0.25) is 0 Å². The van der Waals surface area contributed by atoms with E-state index in [0.717, 1.165) is 22.2 Å². The van der Waals surface area contributed by atoms with Gasteiger partial charge in [0.1, 0.15) is 18.5 Å². The molecule has 0 spiro atoms. The summed E-state index contributed by atoms with van der Waals surface area (Å²) in [6.45, 7) is 3.38. The van der Waals surface area contributed by atoms with Crippen molar-refractivity contribution in [2.75, 3.05) is 13.7 Å². The number of ether oxygens (including phenoxy) is 2. The molecular formula is C21H18N3O4-. The van der Waals surface area contributed by atoms with E-state index in [1.165, 1.54) is 7.11 Å². The SMILES string of the molecule is COc1cccc(/C=C(\C#N)c2nc3cc(C)c(C)cc3[nH]2)c1OCC(=O)[O-]. The molecule has 0 unspecified atom stereocenters. The minimum Gasteiger partial charge on any atom is -0.546 e. The van der Waals surface area contributed by atoms with Gasteiger partial charge in [0.2, 0.25) is 0 Å². The third-order valence-corrected chi connectivity index (χ3v) is 4.34. The maximum absolute atomic E-state index is 10.8. The quantitative estimate of drug-likeness (QED) is 0.661. The topological polar surface area (TPSA) is 111 Å². The molecule has 7 heteroatoms. The van der Waals surface area contributed by atoms with Crippen LogP contribution in [0.4, 0.5) is 0 Å². The van der Waals surface area contributed by atoms with E-state index in [-0.39, 0.29) is 11.3 Å². The first-order valence-corrected chi connectivity index (χ1v) is 8.51. The predicted molar refractivity (Wildman–Crippen MR) is 103 cm³/mol. The average Bonchev–Trinajstić information content (AvgIpc) is 3.07. The fourth-order valence-corrected chi connectivity index (χ4v) is 2.80. The van der Waals surface area contributed by atoms with E-state index < -0.39 is 12.6 Å². The van der Waals surface area contributed by atoms with Gasteiger partial charge >= 0.3 is 0 Å². The number of carboxylic acids is 1. The molecule has 7 nitrogen and oxygen atoms in total. The number of nitriles is 1. The molecule has 0 aliphatic rings. The van der Waals surface area contributed by atoms with Gasteiger partial charge in [-0.25, -0.2) is 4.98 Å². The van der Waals surface area contributed by atoms with Crippen LogP contribution in [0, 0.1) is 25.2 Å². The number of hydrogen-bond acceptors (Lipinski definition) is 6. The molecule has 0 bridgehead atoms. The van der Waals surface area contributed by atoms with Crippen molar-refractivity contribution < 1.29 is 19.4 Å². The van der Waals surface area contributed by atoms with Crippen molar-refractivity contribution in [3.8, 4) is 17.6 Å². The lowest BCUT2D eigenvalue weighted by Gasteiger charge is -2.13. The number of aryl methyl sites for hydroxylation is 2. The Hall–Kier alpha value is -3.79. The summed E-state index contributed by atoms with van der Waals surface area (Å²) in [4.78, 5) is 18.4. The lowest BCUT2D eigenvalue weighted by molar-refractivity contribution is -0.307. The van der Waals surface area contributed by atoms with Gasteiger partial charge in [-0.1, -0.05) is 12.1 Å². The molecule has 0 saturated heterocycles. The highest BCUT2D eigenvalue weighted by Gasteiger charge is 2.13. The Kier molecular flexibility index (Phi) is 5.32. The third-order valence-electron chi connectivity index (χ3n) is 4.34. The van der Waals surface area contributed by atoms with Crippen molar-refractivity contribution in [1.29, 1.82) is 5.26 Å². The van der Waals surface area contributed by atoms with Crippen LogP contribution in [0.25, 0.3) is 22.7 Å². The van der Waals surface area contributed by atoms with Crippen LogP contribution in [0.1, 0.15) is 22.5 Å². The molecule has 0 saturated carbocycles. The predicted octanol–water partition coefficient (Wildman–Crippen LogP) is 2.38. The molecule has 28 heavy (non-hydrogen) atoms. The third kappa shape index (κ3) is 3.81. The highest BCUT2D eigenvalue weighted by molar-refractivity contribution is 5.91. The summed E-state index contributed by atoms with van der Waals surface area (Å²) in [5, 5.41) is 20.4. The number of imidazole rings is 1. The Morgan fingerprint density at radius 2 is 2.07 bits per heavy atom. The lowest BCUT2D eigenvalue weighted by Crippen LogP contribution is -2.29. The molecule has 3 rings (SSSR count). The number of H-pyrrole nitrogens is 1. The molecular weight excluding hydrogens is 358 g/mol. The van der Waals surface area contributed by atoms with E-state index >= 15 is 0 Å². The lowest BCUT2D eigenvalue weighted by atomic mass is 10.1. The number of nitrogens with one attached hydrogen (secondary N) is 1. The summed E-state index contributed by atoms with van der Waals surface area (Å²) < 4.78 is 10.6. The molecule has 142 valence electrons. The van der Waals surface area contributed by atoms with Gasteiger partial charge in [0.05, 0.1) is 29.7 Å². The second-order valence-electron chi connectivity index (χ2n) is 6.25. The Morgan fingerprint density at radius 3 is 2.75 bits per heavy atom. The molecule has 0 aliphatic heterocycles. The minimum absolute atomic E-state index is 0.213. The van der Waals surface area contributed by atoms with Gasteiger partial charge in [-0.2, -0.15) is 5.26 Å². The fraction of sp³-hybridized carbons (Fsp3) is 0.190. The van der Waals surface area contributed by atoms with Gasteiger partial charge in [-0.05, 0) is 49.2 Å². The zero-order chi connectivity index (χ0) is 20.3. The minimum atomic E-state index is -1.36. The van der Waals surface area contributed by atoms with Gasteiger partial charge in [0.15, 0.2) is 11.5 Å². The number of methoxy groups -OCH3 is 1. The van der Waals surface area contributed by atoms with Gasteiger partial charge in [-0.15, -0.1) is 0 Å². The van der Waals surface area contributed by atoms with Crippen LogP contribution in [0.5, 0.6) is 11.5 Å². The van der Waals surface area contributed by atoms with Crippen molar-refractivity contribution in [1.82, 2.24) is 9.97 Å². The van der Waals surface area contributed by atoms with Gasteiger partial charge in [0, 0.05) is 5.56 Å². The zero-order valence-electron chi connectivity index (χ0n) is 15.7. The average molecular weight is 376 g/mol. The van der Waals surface area contributed by atoms with Crippen LogP contribution in [0.3, 0.4) is 0 Å². The number of aromatic amines is 1. The standard InChI is InChI=1S/C21H19N3O4/c1-12-7-16-17(8-13(12)2)24-21(23-16)15(10-22)9-14-5-4-6-18(27-3)20(14)28-11-19(25)26/h4-9H,11H2,1-3H3,(H,23,24)(H,25,26)/p-1/b15-9+. The summed E-state index contributed by atoms with van der Waals surface area (Å²) in [5.74, 6) is -0.381. The molecule has 1 heterocycles. The molecule has 1 N–H and O–H groups in total. The molecule has 3 aromatic rings. The molecule has 2 aromatic carbocycles. The summed E-state index contributed by atoms with van der Waals surface area (Å²) in [6.07, 6.45) is 1.57. The Bertz CT molecular complexity index is 1080. The van der Waals surface area contributed by atoms with Crippen molar-refractivity contribution in [2.24, 2.45) is 0 Å². The van der Waals surface area contributed by atoms with Crippen LogP contribution < -0.4 is 14.6 Å². The molecule has 0 radical (unpaired) electrons. The van der Waals surface area contributed by atoms with Gasteiger partial charge in [0.25, 0.3) is 0 Å². The monoisotopic (exact) mass is 376 g/mol. The van der Waals surface area contributed by atoms with Crippen molar-refractivity contribution in [3.05, 3.63) is 52.8 Å². The van der Waals surface area contributed by atoms with E-state index in [1.807, 2.05) is 26.0 Å². The highest BCUT2D eigenvalue weighted by Crippen LogP contribution is 2.33. The number of benzene rings is 2. The normalized spacial score (nSPS) is 11.3. The second-order valence-corrected chi connectivity index (χ2v) is 6.25. The van der Waals surface area contributed by atoms with Crippen LogP contribution >= 0.6 is 0 Å². The summed E-state index contributed by atoms with van der Waals surface area (Å²) in [6, 6.07) is 11.1. The number of rotatable bonds is 6. The van der Waals surface area contributed by atoms with Gasteiger partial charge < -0.3 is 24.4 Å². The first-order valence-electron chi connectivity index (χ1n) is 8.51. The van der Waals surface area contributed by atoms with Crippen molar-refractivity contribution >= 4 is 28.7 Å². The Balaban J connectivity index is 2.08. The van der Waals surface area contributed by atoms with E-state index in [2.05, 4.69) is 16.0 Å². The maximum atomic E-state index is 10.8. The Morgan fingerprint density at radius 1 is 1.32 bits per heavy atom. The number of aromatic nitrogens is 2. The summed E-state index contributed by atoms with van der Waals surface area (Å²) >= 11 is 0. The number of fused-ring (bicyclic) bond motifs is 1. The van der Waals surface area contributed by atoms with E-state index in [1.54, 1.807) is 24.3 Å². The molecule has 0 amide bonds. The number of carbonyl (C=O) groups excluding carboxylic acids is 1. The number of para-hydroxylation sites is 1. The Labute approximate surface area is 161 Å². The maximum Gasteiger partial charge on any atom is 0.168 e. The summed E-state index contributed by atoms with van der Waals surface area (Å²) in [7, 11) is 1.45. The smallest absolute Gasteiger partial charge is 0.168 e. The highest BCUT2D eigenvalue weighted by atomic mass is 16.5. The summed E-state index contributed by atoms with van der Waals surface area (Å²) in [5.41, 5.74) is 4.59. The molecule has 0 aliphatic carbocycles. The fourth-order valence-electron chi connectivity index (χ4n) is 2.80. The van der Waals surface area contributed by atoms with Gasteiger partial charge in [-0.3, -0.25) is 0 Å². The largest absolute Gasteiger partial charge is 0.546 e. The van der Waals surface area contributed by atoms with E-state index in [4.69, 9.17) is 9.47 Å². The molecule has 0 atom stereocenters.